The van der Waals surface area contributed by atoms with Gasteiger partial charge in [0, 0.05) is 11.6 Å². The fourth-order valence-corrected chi connectivity index (χ4v) is 4.57. The molecule has 1 aliphatic heterocycles. The quantitative estimate of drug-likeness (QED) is 0.644. The van der Waals surface area contributed by atoms with E-state index >= 15 is 0 Å². The summed E-state index contributed by atoms with van der Waals surface area (Å²) in [5.74, 6) is -0.828. The second-order valence-electron chi connectivity index (χ2n) is 6.99. The minimum Gasteiger partial charge on any atom is -0.354 e. The van der Waals surface area contributed by atoms with Gasteiger partial charge in [-0.15, -0.1) is 0 Å². The summed E-state index contributed by atoms with van der Waals surface area (Å²) in [5.41, 5.74) is 1.03. The zero-order valence-electron chi connectivity index (χ0n) is 13.7. The van der Waals surface area contributed by atoms with E-state index in [0.29, 0.717) is 18.0 Å². The molecule has 2 bridgehead atoms. The third-order valence-corrected chi connectivity index (χ3v) is 5.72. The first kappa shape index (κ1) is 16.3. The first-order valence-corrected chi connectivity index (χ1v) is 8.97. The molecule has 3 aliphatic rings. The van der Waals surface area contributed by atoms with Crippen LogP contribution in [0, 0.1) is 23.7 Å². The van der Waals surface area contributed by atoms with Crippen molar-refractivity contribution < 1.29 is 14.4 Å². The van der Waals surface area contributed by atoms with Gasteiger partial charge in [0.1, 0.15) is 6.54 Å². The number of nitrogens with zero attached hydrogens (tertiary/aromatic N) is 1. The summed E-state index contributed by atoms with van der Waals surface area (Å²) in [6, 6.07) is 7.45. The third kappa shape index (κ3) is 2.86. The highest BCUT2D eigenvalue weighted by atomic mass is 35.5. The molecule has 1 saturated heterocycles. The minimum atomic E-state index is -0.302. The van der Waals surface area contributed by atoms with Crippen LogP contribution in [-0.4, -0.2) is 35.7 Å². The summed E-state index contributed by atoms with van der Waals surface area (Å²) in [7, 11) is 0. The number of hydrogen-bond acceptors (Lipinski definition) is 3. The van der Waals surface area contributed by atoms with Crippen molar-refractivity contribution in [1.82, 2.24) is 10.2 Å². The lowest BCUT2D eigenvalue weighted by Gasteiger charge is -2.16. The van der Waals surface area contributed by atoms with Crippen LogP contribution in [-0.2, 0) is 20.8 Å². The Kier molecular flexibility index (Phi) is 4.12. The van der Waals surface area contributed by atoms with Crippen molar-refractivity contribution in [2.24, 2.45) is 23.7 Å². The number of hydrogen-bond donors (Lipinski definition) is 1. The molecule has 3 amide bonds. The van der Waals surface area contributed by atoms with Crippen molar-refractivity contribution in [3.05, 3.63) is 47.0 Å². The molecule has 1 saturated carbocycles. The van der Waals surface area contributed by atoms with E-state index in [1.165, 1.54) is 0 Å². The molecule has 0 aromatic heterocycles. The molecule has 4 atom stereocenters. The average Bonchev–Trinajstić information content (AvgIpc) is 3.25. The van der Waals surface area contributed by atoms with Crippen LogP contribution in [0.3, 0.4) is 0 Å². The Balaban J connectivity index is 1.31. The minimum absolute atomic E-state index is 0.169. The van der Waals surface area contributed by atoms with Crippen molar-refractivity contribution in [3.8, 4) is 0 Å². The van der Waals surface area contributed by atoms with Gasteiger partial charge in [0.2, 0.25) is 17.7 Å². The van der Waals surface area contributed by atoms with Crippen LogP contribution in [0.4, 0.5) is 0 Å². The van der Waals surface area contributed by atoms with E-state index in [1.54, 1.807) is 6.07 Å². The predicted molar refractivity (Wildman–Crippen MR) is 92.6 cm³/mol. The summed E-state index contributed by atoms with van der Waals surface area (Å²) < 4.78 is 0. The van der Waals surface area contributed by atoms with Crippen LogP contribution in [0.15, 0.2) is 36.4 Å². The topological polar surface area (TPSA) is 66.5 Å². The number of carbonyl (C=O) groups excluding carboxylic acids is 3. The van der Waals surface area contributed by atoms with Crippen molar-refractivity contribution in [3.63, 3.8) is 0 Å². The average molecular weight is 359 g/mol. The van der Waals surface area contributed by atoms with Gasteiger partial charge >= 0.3 is 0 Å². The SMILES string of the molecule is O=C(CN1C(=O)[C@H]2[C@H](C1=O)[C@H]1C=C[C@H]2C1)NCCc1cccc(Cl)c1. The lowest BCUT2D eigenvalue weighted by Crippen LogP contribution is -2.42. The highest BCUT2D eigenvalue weighted by molar-refractivity contribution is 6.30. The van der Waals surface area contributed by atoms with Crippen molar-refractivity contribution in [2.75, 3.05) is 13.1 Å². The molecule has 2 fully saturated rings. The molecule has 1 aromatic carbocycles. The summed E-state index contributed by atoms with van der Waals surface area (Å²) >= 11 is 5.93. The number of likely N-dealkylation sites (tertiary alicyclic amines) is 1. The Morgan fingerprint density at radius 3 is 2.48 bits per heavy atom. The van der Waals surface area contributed by atoms with Crippen molar-refractivity contribution >= 4 is 29.3 Å². The Labute approximate surface area is 151 Å². The number of imide groups is 1. The first-order valence-electron chi connectivity index (χ1n) is 8.59. The van der Waals surface area contributed by atoms with Gasteiger partial charge in [-0.25, -0.2) is 0 Å². The summed E-state index contributed by atoms with van der Waals surface area (Å²) in [4.78, 5) is 38.4. The molecule has 0 unspecified atom stereocenters. The van der Waals surface area contributed by atoms with Crippen LogP contribution < -0.4 is 5.32 Å². The van der Waals surface area contributed by atoms with Crippen LogP contribution in [0.5, 0.6) is 0 Å². The highest BCUT2D eigenvalue weighted by Gasteiger charge is 2.59. The predicted octanol–water partition coefficient (Wildman–Crippen LogP) is 1.81. The van der Waals surface area contributed by atoms with Gasteiger partial charge in [-0.2, -0.15) is 0 Å². The van der Waals surface area contributed by atoms with Crippen molar-refractivity contribution in [2.45, 2.75) is 12.8 Å². The summed E-state index contributed by atoms with van der Waals surface area (Å²) in [6.07, 6.45) is 5.64. The summed E-state index contributed by atoms with van der Waals surface area (Å²) in [6.45, 7) is 0.259. The Morgan fingerprint density at radius 1 is 1.16 bits per heavy atom. The van der Waals surface area contributed by atoms with E-state index in [-0.39, 0.29) is 47.9 Å². The maximum atomic E-state index is 12.5. The van der Waals surface area contributed by atoms with E-state index < -0.39 is 0 Å². The summed E-state index contributed by atoms with van der Waals surface area (Å²) in [5, 5.41) is 3.44. The molecule has 1 N–H and O–H groups in total. The van der Waals surface area contributed by atoms with Crippen LogP contribution in [0.2, 0.25) is 5.02 Å². The number of amides is 3. The van der Waals surface area contributed by atoms with Crippen molar-refractivity contribution in [1.29, 1.82) is 0 Å². The molecule has 1 heterocycles. The lowest BCUT2D eigenvalue weighted by atomic mass is 9.85. The monoisotopic (exact) mass is 358 g/mol. The number of nitrogens with one attached hydrogen (secondary N) is 1. The number of allylic oxidation sites excluding steroid dienone is 2. The van der Waals surface area contributed by atoms with E-state index in [0.717, 1.165) is 16.9 Å². The number of fused-ring (bicyclic) bond motifs is 5. The Morgan fingerprint density at radius 2 is 1.84 bits per heavy atom. The Bertz CT molecular complexity index is 746. The fourth-order valence-electron chi connectivity index (χ4n) is 4.36. The van der Waals surface area contributed by atoms with Gasteiger partial charge in [-0.05, 0) is 42.4 Å². The maximum absolute atomic E-state index is 12.5. The van der Waals surface area contributed by atoms with Gasteiger partial charge in [-0.3, -0.25) is 19.3 Å². The smallest absolute Gasteiger partial charge is 0.240 e. The largest absolute Gasteiger partial charge is 0.354 e. The third-order valence-electron chi connectivity index (χ3n) is 5.49. The number of carbonyl (C=O) groups is 3. The van der Waals surface area contributed by atoms with Crippen LogP contribution in [0.1, 0.15) is 12.0 Å². The molecule has 1 aromatic rings. The molecule has 0 spiro atoms. The number of benzene rings is 1. The molecule has 2 aliphatic carbocycles. The Hall–Kier alpha value is -2.14. The molecule has 130 valence electrons. The first-order chi connectivity index (χ1) is 12.0. The van der Waals surface area contributed by atoms with E-state index in [4.69, 9.17) is 11.6 Å². The van der Waals surface area contributed by atoms with Crippen LogP contribution in [0.25, 0.3) is 0 Å². The fraction of sp³-hybridized carbons (Fsp3) is 0.421. The molecule has 6 heteroatoms. The number of halogens is 1. The second-order valence-corrected chi connectivity index (χ2v) is 7.43. The zero-order chi connectivity index (χ0) is 17.6. The van der Waals surface area contributed by atoms with Gasteiger partial charge < -0.3 is 5.32 Å². The lowest BCUT2D eigenvalue weighted by molar-refractivity contribution is -0.144. The highest BCUT2D eigenvalue weighted by Crippen LogP contribution is 2.52. The van der Waals surface area contributed by atoms with Gasteiger partial charge in [0.25, 0.3) is 0 Å². The molecule has 5 nitrogen and oxygen atoms in total. The van der Waals surface area contributed by atoms with Gasteiger partial charge in [-0.1, -0.05) is 35.9 Å². The molecular weight excluding hydrogens is 340 g/mol. The van der Waals surface area contributed by atoms with E-state index in [1.807, 2.05) is 30.4 Å². The molecule has 0 radical (unpaired) electrons. The maximum Gasteiger partial charge on any atom is 0.240 e. The molecule has 25 heavy (non-hydrogen) atoms. The van der Waals surface area contributed by atoms with Crippen LogP contribution >= 0.6 is 11.6 Å². The van der Waals surface area contributed by atoms with E-state index in [2.05, 4.69) is 5.32 Å². The van der Waals surface area contributed by atoms with Gasteiger partial charge in [0.05, 0.1) is 11.8 Å². The second kappa shape index (κ2) is 6.30. The van der Waals surface area contributed by atoms with Gasteiger partial charge in [0.15, 0.2) is 0 Å². The number of rotatable bonds is 5. The normalized spacial score (nSPS) is 29.4. The molecular formula is C19H19ClN2O3. The standard InChI is InChI=1S/C19H19ClN2O3/c20-14-3-1-2-11(8-14)6-7-21-15(23)10-22-18(24)16-12-4-5-13(9-12)17(16)19(22)25/h1-5,8,12-13,16-17H,6-7,9-10H2,(H,21,23)/t12-,13-,16+,17+/m0/s1. The van der Waals surface area contributed by atoms with E-state index in [9.17, 15) is 14.4 Å². The zero-order valence-corrected chi connectivity index (χ0v) is 14.4. The molecule has 4 rings (SSSR count).